The Bertz CT molecular complexity index is 197. The number of methoxy groups -OCH3 is 1. The maximum absolute atomic E-state index is 10.9. The van der Waals surface area contributed by atoms with Gasteiger partial charge in [0, 0.05) is 13.7 Å². The smallest absolute Gasteiger partial charge is 0.328 e. The Kier molecular flexibility index (Phi) is 6.42. The summed E-state index contributed by atoms with van der Waals surface area (Å²) in [6.07, 6.45) is 0. The summed E-state index contributed by atoms with van der Waals surface area (Å²) < 4.78 is 4.66. The average Bonchev–Trinajstić information content (AvgIpc) is 2.14. The molecule has 0 saturated carbocycles. The Hall–Kier alpha value is -1.34. The van der Waals surface area contributed by atoms with Gasteiger partial charge in [-0.1, -0.05) is 0 Å². The van der Waals surface area contributed by atoms with Crippen molar-refractivity contribution in [1.29, 1.82) is 0 Å². The van der Waals surface area contributed by atoms with Gasteiger partial charge in [0.25, 0.3) is 0 Å². The van der Waals surface area contributed by atoms with E-state index in [1.807, 2.05) is 0 Å². The van der Waals surface area contributed by atoms with E-state index in [0.29, 0.717) is 6.61 Å². The molecule has 0 aliphatic rings. The van der Waals surface area contributed by atoms with Crippen LogP contribution in [0.4, 0.5) is 4.79 Å². The fourth-order valence-electron chi connectivity index (χ4n) is 0.661. The molecule has 0 bridgehead atoms. The molecule has 2 amide bonds. The third-order valence-electron chi connectivity index (χ3n) is 1.38. The molecule has 1 atom stereocenters. The molecule has 0 aliphatic carbocycles. The summed E-state index contributed by atoms with van der Waals surface area (Å²) in [6.45, 7) is -0.0303. The molecule has 0 aromatic carbocycles. The maximum Gasteiger partial charge on any atom is 0.328 e. The SMILES string of the molecule is COCCNC(=O)N[C@@H](CO)C(=O)O. The molecule has 4 N–H and O–H groups in total. The van der Waals surface area contributed by atoms with Crippen molar-refractivity contribution in [2.45, 2.75) is 6.04 Å². The highest BCUT2D eigenvalue weighted by Crippen LogP contribution is 1.81. The van der Waals surface area contributed by atoms with Gasteiger partial charge in [-0.25, -0.2) is 9.59 Å². The van der Waals surface area contributed by atoms with Crippen LogP contribution in [0, 0.1) is 0 Å². The van der Waals surface area contributed by atoms with Crippen LogP contribution in [0.3, 0.4) is 0 Å². The van der Waals surface area contributed by atoms with Gasteiger partial charge in [0.1, 0.15) is 0 Å². The number of rotatable bonds is 6. The molecule has 0 rings (SSSR count). The highest BCUT2D eigenvalue weighted by atomic mass is 16.5. The number of carboxylic acids is 1. The van der Waals surface area contributed by atoms with E-state index in [4.69, 9.17) is 10.2 Å². The Morgan fingerprint density at radius 3 is 2.57 bits per heavy atom. The number of aliphatic hydroxyl groups excluding tert-OH is 1. The van der Waals surface area contributed by atoms with Crippen molar-refractivity contribution in [3.8, 4) is 0 Å². The summed E-state index contributed by atoms with van der Waals surface area (Å²) in [5.41, 5.74) is 0. The molecule has 0 heterocycles. The number of carbonyl (C=O) groups is 2. The molecular weight excluding hydrogens is 192 g/mol. The highest BCUT2D eigenvalue weighted by molar-refractivity contribution is 5.82. The fraction of sp³-hybridized carbons (Fsp3) is 0.714. The second-order valence-electron chi connectivity index (χ2n) is 2.47. The van der Waals surface area contributed by atoms with Gasteiger partial charge < -0.3 is 25.6 Å². The quantitative estimate of drug-likeness (QED) is 0.390. The minimum atomic E-state index is -1.28. The normalized spacial score (nSPS) is 11.9. The van der Waals surface area contributed by atoms with Gasteiger partial charge in [0.05, 0.1) is 13.2 Å². The molecular formula is C7H14N2O5. The summed E-state index contributed by atoms with van der Waals surface area (Å²) >= 11 is 0. The molecule has 0 aromatic heterocycles. The first-order valence-corrected chi connectivity index (χ1v) is 3.98. The van der Waals surface area contributed by atoms with Crippen LogP contribution in [0.5, 0.6) is 0 Å². The molecule has 0 saturated heterocycles. The Morgan fingerprint density at radius 2 is 2.14 bits per heavy atom. The average molecular weight is 206 g/mol. The summed E-state index contributed by atoms with van der Waals surface area (Å²) in [6, 6.07) is -1.93. The predicted octanol–water partition coefficient (Wildman–Crippen LogP) is -1.62. The zero-order chi connectivity index (χ0) is 11.0. The van der Waals surface area contributed by atoms with Crippen molar-refractivity contribution in [1.82, 2.24) is 10.6 Å². The molecule has 82 valence electrons. The van der Waals surface area contributed by atoms with Crippen LogP contribution < -0.4 is 10.6 Å². The molecule has 0 unspecified atom stereocenters. The van der Waals surface area contributed by atoms with Crippen LogP contribution >= 0.6 is 0 Å². The first-order valence-electron chi connectivity index (χ1n) is 3.98. The number of hydrogen-bond acceptors (Lipinski definition) is 4. The largest absolute Gasteiger partial charge is 0.480 e. The van der Waals surface area contributed by atoms with Crippen molar-refractivity contribution in [2.24, 2.45) is 0 Å². The molecule has 14 heavy (non-hydrogen) atoms. The Labute approximate surface area is 81.1 Å². The van der Waals surface area contributed by atoms with E-state index in [1.165, 1.54) is 7.11 Å². The number of hydrogen-bond donors (Lipinski definition) is 4. The van der Waals surface area contributed by atoms with Crippen LogP contribution in [-0.2, 0) is 9.53 Å². The third-order valence-corrected chi connectivity index (χ3v) is 1.38. The second kappa shape index (κ2) is 7.10. The Balaban J connectivity index is 3.74. The number of aliphatic carboxylic acids is 1. The summed E-state index contributed by atoms with van der Waals surface area (Å²) in [7, 11) is 1.48. The monoisotopic (exact) mass is 206 g/mol. The van der Waals surface area contributed by atoms with Crippen molar-refractivity contribution in [3.63, 3.8) is 0 Å². The summed E-state index contributed by atoms with van der Waals surface area (Å²) in [5, 5.41) is 21.5. The lowest BCUT2D eigenvalue weighted by molar-refractivity contribution is -0.140. The van der Waals surface area contributed by atoms with E-state index < -0.39 is 24.6 Å². The van der Waals surface area contributed by atoms with Gasteiger partial charge in [0.15, 0.2) is 6.04 Å². The number of aliphatic hydroxyl groups is 1. The van der Waals surface area contributed by atoms with E-state index in [9.17, 15) is 9.59 Å². The van der Waals surface area contributed by atoms with Crippen molar-refractivity contribution in [3.05, 3.63) is 0 Å². The molecule has 0 aromatic rings. The lowest BCUT2D eigenvalue weighted by Crippen LogP contribution is -2.48. The predicted molar refractivity (Wildman–Crippen MR) is 46.9 cm³/mol. The number of urea groups is 1. The lowest BCUT2D eigenvalue weighted by Gasteiger charge is -2.12. The van der Waals surface area contributed by atoms with E-state index in [1.54, 1.807) is 0 Å². The number of carbonyl (C=O) groups excluding carboxylic acids is 1. The van der Waals surface area contributed by atoms with Crippen molar-refractivity contribution < 1.29 is 24.5 Å². The fourth-order valence-corrected chi connectivity index (χ4v) is 0.661. The van der Waals surface area contributed by atoms with E-state index in [-0.39, 0.29) is 6.54 Å². The first-order chi connectivity index (χ1) is 6.61. The topological polar surface area (TPSA) is 108 Å². The Morgan fingerprint density at radius 1 is 1.50 bits per heavy atom. The van der Waals surface area contributed by atoms with Gasteiger partial charge in [-0.2, -0.15) is 0 Å². The third kappa shape index (κ3) is 5.33. The molecule has 0 radical (unpaired) electrons. The van der Waals surface area contributed by atoms with Crippen LogP contribution in [0.15, 0.2) is 0 Å². The van der Waals surface area contributed by atoms with Crippen LogP contribution in [0.25, 0.3) is 0 Å². The van der Waals surface area contributed by atoms with Crippen LogP contribution in [0.2, 0.25) is 0 Å². The van der Waals surface area contributed by atoms with Gasteiger partial charge in [-0.05, 0) is 0 Å². The molecule has 0 aliphatic heterocycles. The van der Waals surface area contributed by atoms with Crippen LogP contribution in [0.1, 0.15) is 0 Å². The zero-order valence-electron chi connectivity index (χ0n) is 7.82. The molecule has 0 spiro atoms. The number of amides is 2. The first kappa shape index (κ1) is 12.7. The highest BCUT2D eigenvalue weighted by Gasteiger charge is 2.17. The van der Waals surface area contributed by atoms with Crippen molar-refractivity contribution in [2.75, 3.05) is 26.9 Å². The van der Waals surface area contributed by atoms with E-state index in [2.05, 4.69) is 15.4 Å². The minimum absolute atomic E-state index is 0.278. The number of carboxylic acid groups (broad SMARTS) is 1. The summed E-state index contributed by atoms with van der Waals surface area (Å²) in [4.78, 5) is 21.3. The van der Waals surface area contributed by atoms with E-state index >= 15 is 0 Å². The minimum Gasteiger partial charge on any atom is -0.480 e. The van der Waals surface area contributed by atoms with Gasteiger partial charge in [-0.3, -0.25) is 0 Å². The maximum atomic E-state index is 10.9. The van der Waals surface area contributed by atoms with Gasteiger partial charge >= 0.3 is 12.0 Å². The molecule has 7 nitrogen and oxygen atoms in total. The second-order valence-corrected chi connectivity index (χ2v) is 2.47. The van der Waals surface area contributed by atoms with Crippen molar-refractivity contribution >= 4 is 12.0 Å². The number of nitrogens with one attached hydrogen (secondary N) is 2. The lowest BCUT2D eigenvalue weighted by atomic mass is 10.3. The van der Waals surface area contributed by atoms with Gasteiger partial charge in [-0.15, -0.1) is 0 Å². The van der Waals surface area contributed by atoms with E-state index in [0.717, 1.165) is 0 Å². The molecule has 0 fully saturated rings. The standard InChI is InChI=1S/C7H14N2O5/c1-14-3-2-8-7(13)9-5(4-10)6(11)12/h5,10H,2-4H2,1H3,(H,11,12)(H2,8,9,13)/t5-/m0/s1. The zero-order valence-corrected chi connectivity index (χ0v) is 7.82. The van der Waals surface area contributed by atoms with Gasteiger partial charge in [0.2, 0.25) is 0 Å². The van der Waals surface area contributed by atoms with Crippen LogP contribution in [-0.4, -0.2) is 55.1 Å². The summed E-state index contributed by atoms with van der Waals surface area (Å²) in [5.74, 6) is -1.28. The molecule has 7 heteroatoms. The number of ether oxygens (including phenoxy) is 1.